The Morgan fingerprint density at radius 1 is 1.26 bits per heavy atom. The highest BCUT2D eigenvalue weighted by Crippen LogP contribution is 2.37. The van der Waals surface area contributed by atoms with Gasteiger partial charge in [0, 0.05) is 6.42 Å². The first-order valence-corrected chi connectivity index (χ1v) is 7.52. The molecular weight excluding hydrogens is 298 g/mol. The number of β-amino-alcohol motifs (C(OH)–C–C–N with tert-alkyl or cyclic N) is 1. The third kappa shape index (κ3) is 3.82. The van der Waals surface area contributed by atoms with Gasteiger partial charge in [-0.25, -0.2) is 9.59 Å². The average Bonchev–Trinajstić information content (AvgIpc) is 2.85. The van der Waals surface area contributed by atoms with Crippen molar-refractivity contribution < 1.29 is 24.2 Å². The van der Waals surface area contributed by atoms with Crippen LogP contribution in [-0.4, -0.2) is 47.4 Å². The number of carbonyl (C=O) groups is 2. The number of nitrogens with zero attached hydrogens (tertiary/aromatic N) is 1. The van der Waals surface area contributed by atoms with Gasteiger partial charge >= 0.3 is 12.1 Å². The predicted octanol–water partition coefficient (Wildman–Crippen LogP) is 2.06. The number of ether oxygens (including phenoxy) is 2. The molecule has 1 saturated heterocycles. The molecule has 0 unspecified atom stereocenters. The maximum atomic E-state index is 12.4. The van der Waals surface area contributed by atoms with E-state index in [4.69, 9.17) is 9.47 Å². The first kappa shape index (κ1) is 17.3. The van der Waals surface area contributed by atoms with Crippen molar-refractivity contribution in [2.75, 3.05) is 13.7 Å². The Morgan fingerprint density at radius 2 is 1.87 bits per heavy atom. The van der Waals surface area contributed by atoms with Gasteiger partial charge in [-0.2, -0.15) is 0 Å². The maximum Gasteiger partial charge on any atom is 0.411 e. The molecule has 0 spiro atoms. The zero-order valence-electron chi connectivity index (χ0n) is 13.9. The second kappa shape index (κ2) is 6.20. The summed E-state index contributed by atoms with van der Waals surface area (Å²) in [4.78, 5) is 25.7. The molecule has 2 atom stereocenters. The van der Waals surface area contributed by atoms with Gasteiger partial charge in [0.2, 0.25) is 0 Å². The van der Waals surface area contributed by atoms with E-state index in [0.717, 1.165) is 0 Å². The molecule has 2 rings (SSSR count). The number of carbonyl (C=O) groups excluding carboxylic acids is 2. The molecule has 0 aromatic heterocycles. The highest BCUT2D eigenvalue weighted by molar-refractivity contribution is 5.82. The molecule has 0 saturated carbocycles. The SMILES string of the molecule is COC(=O)[C@@H]1C[C@@](O)(c2ccccc2)CN1C(=O)OC(C)(C)C. The minimum atomic E-state index is -1.31. The Balaban J connectivity index is 2.29. The van der Waals surface area contributed by atoms with Crippen LogP contribution in [0, 0.1) is 0 Å². The van der Waals surface area contributed by atoms with Gasteiger partial charge in [0.25, 0.3) is 0 Å². The van der Waals surface area contributed by atoms with Crippen molar-refractivity contribution in [3.05, 3.63) is 35.9 Å². The summed E-state index contributed by atoms with van der Waals surface area (Å²) in [7, 11) is 1.26. The van der Waals surface area contributed by atoms with Gasteiger partial charge in [-0.05, 0) is 26.3 Å². The molecule has 6 nitrogen and oxygen atoms in total. The molecule has 1 aliphatic heterocycles. The smallest absolute Gasteiger partial charge is 0.411 e. The van der Waals surface area contributed by atoms with Gasteiger partial charge in [-0.15, -0.1) is 0 Å². The molecule has 0 bridgehead atoms. The Hall–Kier alpha value is -2.08. The van der Waals surface area contributed by atoms with Crippen LogP contribution in [0.25, 0.3) is 0 Å². The Kier molecular flexibility index (Phi) is 4.66. The number of methoxy groups -OCH3 is 1. The van der Waals surface area contributed by atoms with Crippen LogP contribution < -0.4 is 0 Å². The van der Waals surface area contributed by atoms with Gasteiger partial charge in [0.05, 0.1) is 13.7 Å². The fourth-order valence-corrected chi connectivity index (χ4v) is 2.70. The largest absolute Gasteiger partial charge is 0.467 e. The summed E-state index contributed by atoms with van der Waals surface area (Å²) in [5.74, 6) is -0.567. The van der Waals surface area contributed by atoms with Crippen LogP contribution in [0.15, 0.2) is 30.3 Å². The lowest BCUT2D eigenvalue weighted by Gasteiger charge is -2.28. The van der Waals surface area contributed by atoms with E-state index in [1.54, 1.807) is 45.0 Å². The fraction of sp³-hybridized carbons (Fsp3) is 0.529. The number of esters is 1. The van der Waals surface area contributed by atoms with E-state index in [9.17, 15) is 14.7 Å². The lowest BCUT2D eigenvalue weighted by Crippen LogP contribution is -2.44. The zero-order chi connectivity index (χ0) is 17.3. The molecule has 1 heterocycles. The number of rotatable bonds is 2. The minimum absolute atomic E-state index is 0.0221. The molecule has 0 aliphatic carbocycles. The molecule has 1 aliphatic rings. The van der Waals surface area contributed by atoms with E-state index in [1.807, 2.05) is 6.07 Å². The quantitative estimate of drug-likeness (QED) is 0.844. The van der Waals surface area contributed by atoms with Crippen LogP contribution in [-0.2, 0) is 19.9 Å². The normalized spacial score (nSPS) is 24.4. The summed E-state index contributed by atoms with van der Waals surface area (Å²) in [5.41, 5.74) is -1.35. The third-order valence-corrected chi connectivity index (χ3v) is 3.75. The van der Waals surface area contributed by atoms with E-state index >= 15 is 0 Å². The van der Waals surface area contributed by atoms with E-state index < -0.39 is 29.3 Å². The minimum Gasteiger partial charge on any atom is -0.467 e. The Labute approximate surface area is 136 Å². The summed E-state index contributed by atoms with van der Waals surface area (Å²) in [5, 5.41) is 10.9. The van der Waals surface area contributed by atoms with Crippen molar-refractivity contribution >= 4 is 12.1 Å². The molecule has 1 amide bonds. The van der Waals surface area contributed by atoms with E-state index in [2.05, 4.69) is 0 Å². The van der Waals surface area contributed by atoms with Gasteiger partial charge < -0.3 is 14.6 Å². The first-order chi connectivity index (χ1) is 10.7. The lowest BCUT2D eigenvalue weighted by molar-refractivity contribution is -0.145. The third-order valence-electron chi connectivity index (χ3n) is 3.75. The summed E-state index contributed by atoms with van der Waals surface area (Å²) in [6.45, 7) is 5.22. The summed E-state index contributed by atoms with van der Waals surface area (Å²) in [6.07, 6.45) is -0.567. The van der Waals surface area contributed by atoms with Gasteiger partial charge in [0.15, 0.2) is 0 Å². The zero-order valence-corrected chi connectivity index (χ0v) is 13.9. The predicted molar refractivity (Wildman–Crippen MR) is 83.7 cm³/mol. The topological polar surface area (TPSA) is 76.1 Å². The Bertz CT molecular complexity index is 580. The number of benzene rings is 1. The summed E-state index contributed by atoms with van der Waals surface area (Å²) < 4.78 is 10.1. The summed E-state index contributed by atoms with van der Waals surface area (Å²) >= 11 is 0. The maximum absolute atomic E-state index is 12.4. The summed E-state index contributed by atoms with van der Waals surface area (Å²) in [6, 6.07) is 8.11. The highest BCUT2D eigenvalue weighted by atomic mass is 16.6. The standard InChI is InChI=1S/C17H23NO5/c1-16(2,3)23-15(20)18-11-17(21,10-13(18)14(19)22-4)12-8-6-5-7-9-12/h5-9,13,21H,10-11H2,1-4H3/t13-,17-/m0/s1. The van der Waals surface area contributed by atoms with Crippen LogP contribution in [0.4, 0.5) is 4.79 Å². The molecule has 6 heteroatoms. The van der Waals surface area contributed by atoms with E-state index in [-0.39, 0.29) is 13.0 Å². The number of aliphatic hydroxyl groups is 1. The molecular formula is C17H23NO5. The molecule has 23 heavy (non-hydrogen) atoms. The van der Waals surface area contributed by atoms with Crippen molar-refractivity contribution in [2.24, 2.45) is 0 Å². The number of hydrogen-bond acceptors (Lipinski definition) is 5. The average molecular weight is 321 g/mol. The monoisotopic (exact) mass is 321 g/mol. The van der Waals surface area contributed by atoms with Gasteiger partial charge in [-0.1, -0.05) is 30.3 Å². The Morgan fingerprint density at radius 3 is 2.39 bits per heavy atom. The molecule has 0 radical (unpaired) electrons. The van der Waals surface area contributed by atoms with Gasteiger partial charge in [-0.3, -0.25) is 4.90 Å². The molecule has 1 aromatic carbocycles. The van der Waals surface area contributed by atoms with Crippen molar-refractivity contribution in [1.82, 2.24) is 4.90 Å². The van der Waals surface area contributed by atoms with Crippen LogP contribution in [0.3, 0.4) is 0 Å². The highest BCUT2D eigenvalue weighted by Gasteiger charge is 2.50. The van der Waals surface area contributed by atoms with Crippen LogP contribution in [0.2, 0.25) is 0 Å². The molecule has 1 N–H and O–H groups in total. The van der Waals surface area contributed by atoms with Gasteiger partial charge in [0.1, 0.15) is 17.2 Å². The molecule has 1 aromatic rings. The number of amides is 1. The molecule has 126 valence electrons. The fourth-order valence-electron chi connectivity index (χ4n) is 2.70. The molecule has 1 fully saturated rings. The van der Waals surface area contributed by atoms with Crippen molar-refractivity contribution in [3.63, 3.8) is 0 Å². The lowest BCUT2D eigenvalue weighted by atomic mass is 9.91. The second-order valence-electron chi connectivity index (χ2n) is 6.75. The van der Waals surface area contributed by atoms with E-state index in [0.29, 0.717) is 5.56 Å². The van der Waals surface area contributed by atoms with Crippen LogP contribution in [0.5, 0.6) is 0 Å². The second-order valence-corrected chi connectivity index (χ2v) is 6.75. The van der Waals surface area contributed by atoms with Crippen LogP contribution in [0.1, 0.15) is 32.8 Å². The van der Waals surface area contributed by atoms with Crippen molar-refractivity contribution in [1.29, 1.82) is 0 Å². The van der Waals surface area contributed by atoms with Crippen molar-refractivity contribution in [3.8, 4) is 0 Å². The van der Waals surface area contributed by atoms with E-state index in [1.165, 1.54) is 12.0 Å². The van der Waals surface area contributed by atoms with Crippen LogP contribution >= 0.6 is 0 Å². The van der Waals surface area contributed by atoms with Crippen molar-refractivity contribution in [2.45, 2.75) is 44.4 Å². The number of likely N-dealkylation sites (tertiary alicyclic amines) is 1. The number of hydrogen-bond donors (Lipinski definition) is 1. The first-order valence-electron chi connectivity index (χ1n) is 7.52.